The summed E-state index contributed by atoms with van der Waals surface area (Å²) in [5.74, 6) is -0.798. The molecule has 0 fully saturated rings. The molecule has 0 aliphatic carbocycles. The molecule has 1 N–H and O–H groups in total. The van der Waals surface area contributed by atoms with Crippen molar-refractivity contribution in [2.75, 3.05) is 11.9 Å². The van der Waals surface area contributed by atoms with E-state index in [4.69, 9.17) is 4.74 Å². The largest absolute Gasteiger partial charge is 0.458 e. The Morgan fingerprint density at radius 2 is 2.00 bits per heavy atom. The molecule has 0 atom stereocenters. The zero-order chi connectivity index (χ0) is 20.1. The fraction of sp³-hybridized carbons (Fsp3) is 0.136. The van der Waals surface area contributed by atoms with Crippen LogP contribution in [0.4, 0.5) is 5.69 Å². The molecule has 0 radical (unpaired) electrons. The molecule has 0 unspecified atom stereocenters. The van der Waals surface area contributed by atoms with Crippen LogP contribution >= 0.6 is 0 Å². The molecule has 6 heteroatoms. The Labute approximate surface area is 162 Å². The molecule has 28 heavy (non-hydrogen) atoms. The Hall–Kier alpha value is -3.85. The van der Waals surface area contributed by atoms with Gasteiger partial charge in [0.15, 0.2) is 0 Å². The Balaban J connectivity index is 1.94. The van der Waals surface area contributed by atoms with Crippen LogP contribution < -0.4 is 5.32 Å². The number of ether oxygens (including phenoxy) is 1. The van der Waals surface area contributed by atoms with Gasteiger partial charge in [-0.2, -0.15) is 5.26 Å². The van der Waals surface area contributed by atoms with E-state index >= 15 is 0 Å². The second-order valence-corrected chi connectivity index (χ2v) is 6.29. The SMILES string of the molecule is C=CCOC(=O)c1cccc2c(C#N)cn(CC(=O)Nc3ccc(C)cc3)c12. The predicted molar refractivity (Wildman–Crippen MR) is 107 cm³/mol. The Morgan fingerprint density at radius 3 is 2.68 bits per heavy atom. The average molecular weight is 373 g/mol. The first-order valence-corrected chi connectivity index (χ1v) is 8.70. The van der Waals surface area contributed by atoms with Crippen molar-refractivity contribution in [3.8, 4) is 6.07 Å². The number of fused-ring (bicyclic) bond motifs is 1. The third-order valence-electron chi connectivity index (χ3n) is 4.22. The predicted octanol–water partition coefficient (Wildman–Crippen LogP) is 3.80. The number of hydrogen-bond acceptors (Lipinski definition) is 4. The van der Waals surface area contributed by atoms with Gasteiger partial charge in [0, 0.05) is 17.3 Å². The summed E-state index contributed by atoms with van der Waals surface area (Å²) in [5, 5.41) is 12.8. The highest BCUT2D eigenvalue weighted by atomic mass is 16.5. The number of rotatable bonds is 6. The standard InChI is InChI=1S/C22H19N3O3/c1-3-11-28-22(27)19-6-4-5-18-16(12-23)13-25(21(18)19)14-20(26)24-17-9-7-15(2)8-10-17/h3-10,13H,1,11,14H2,2H3,(H,24,26). The van der Waals surface area contributed by atoms with Gasteiger partial charge in [-0.05, 0) is 25.1 Å². The average Bonchev–Trinajstić information content (AvgIpc) is 3.05. The van der Waals surface area contributed by atoms with Crippen LogP contribution in [-0.2, 0) is 16.1 Å². The van der Waals surface area contributed by atoms with Gasteiger partial charge in [0.2, 0.25) is 5.91 Å². The van der Waals surface area contributed by atoms with Gasteiger partial charge in [-0.15, -0.1) is 0 Å². The van der Waals surface area contributed by atoms with Gasteiger partial charge in [-0.25, -0.2) is 4.79 Å². The number of amides is 1. The van der Waals surface area contributed by atoms with E-state index < -0.39 is 5.97 Å². The lowest BCUT2D eigenvalue weighted by Crippen LogP contribution is -2.19. The highest BCUT2D eigenvalue weighted by Gasteiger charge is 2.19. The van der Waals surface area contributed by atoms with Gasteiger partial charge in [0.1, 0.15) is 19.2 Å². The number of aromatic nitrogens is 1. The van der Waals surface area contributed by atoms with Crippen molar-refractivity contribution in [3.63, 3.8) is 0 Å². The number of hydrogen-bond donors (Lipinski definition) is 1. The van der Waals surface area contributed by atoms with E-state index in [0.717, 1.165) is 5.56 Å². The summed E-state index contributed by atoms with van der Waals surface area (Å²) >= 11 is 0. The van der Waals surface area contributed by atoms with Crippen LogP contribution in [-0.4, -0.2) is 23.1 Å². The van der Waals surface area contributed by atoms with Gasteiger partial charge in [0.05, 0.1) is 16.6 Å². The first kappa shape index (κ1) is 18.9. The quantitative estimate of drug-likeness (QED) is 0.526. The van der Waals surface area contributed by atoms with Crippen molar-refractivity contribution in [3.05, 3.63) is 78.0 Å². The Morgan fingerprint density at radius 1 is 1.25 bits per heavy atom. The molecule has 6 nitrogen and oxygen atoms in total. The highest BCUT2D eigenvalue weighted by molar-refractivity contribution is 6.05. The second kappa shape index (κ2) is 8.23. The molecule has 3 aromatic rings. The number of aryl methyl sites for hydroxylation is 1. The lowest BCUT2D eigenvalue weighted by molar-refractivity contribution is -0.116. The molecule has 0 saturated carbocycles. The molecule has 0 bridgehead atoms. The molecule has 2 aromatic carbocycles. The molecule has 0 aliphatic rings. The minimum atomic E-state index is -0.534. The van der Waals surface area contributed by atoms with Crippen molar-refractivity contribution in [1.82, 2.24) is 4.57 Å². The second-order valence-electron chi connectivity index (χ2n) is 6.29. The van der Waals surface area contributed by atoms with Crippen LogP contribution in [0.1, 0.15) is 21.5 Å². The summed E-state index contributed by atoms with van der Waals surface area (Å²) in [4.78, 5) is 24.9. The molecule has 0 saturated heterocycles. The van der Waals surface area contributed by atoms with E-state index in [2.05, 4.69) is 18.0 Å². The Bertz CT molecular complexity index is 1090. The number of carbonyl (C=O) groups excluding carboxylic acids is 2. The van der Waals surface area contributed by atoms with Crippen molar-refractivity contribution in [1.29, 1.82) is 5.26 Å². The normalized spacial score (nSPS) is 10.3. The maximum Gasteiger partial charge on any atom is 0.340 e. The molecule has 140 valence electrons. The number of carbonyl (C=O) groups is 2. The molecule has 1 aromatic heterocycles. The number of benzene rings is 2. The number of esters is 1. The third kappa shape index (κ3) is 3.94. The van der Waals surface area contributed by atoms with E-state index in [1.165, 1.54) is 6.08 Å². The zero-order valence-corrected chi connectivity index (χ0v) is 15.4. The third-order valence-corrected chi connectivity index (χ3v) is 4.22. The van der Waals surface area contributed by atoms with Crippen LogP contribution in [0.3, 0.4) is 0 Å². The van der Waals surface area contributed by atoms with Gasteiger partial charge < -0.3 is 14.6 Å². The summed E-state index contributed by atoms with van der Waals surface area (Å²) < 4.78 is 6.74. The van der Waals surface area contributed by atoms with Crippen LogP contribution in [0.5, 0.6) is 0 Å². The van der Waals surface area contributed by atoms with E-state index in [1.54, 1.807) is 29.0 Å². The van der Waals surface area contributed by atoms with Crippen molar-refractivity contribution in [2.45, 2.75) is 13.5 Å². The maximum absolute atomic E-state index is 12.5. The molecule has 1 amide bonds. The summed E-state index contributed by atoms with van der Waals surface area (Å²) in [6.07, 6.45) is 3.05. The van der Waals surface area contributed by atoms with Crippen LogP contribution in [0.15, 0.2) is 61.3 Å². The summed E-state index contributed by atoms with van der Waals surface area (Å²) in [7, 11) is 0. The highest BCUT2D eigenvalue weighted by Crippen LogP contribution is 2.25. The van der Waals surface area contributed by atoms with Crippen LogP contribution in [0.25, 0.3) is 10.9 Å². The van der Waals surface area contributed by atoms with E-state index in [0.29, 0.717) is 27.7 Å². The molecular formula is C22H19N3O3. The smallest absolute Gasteiger partial charge is 0.340 e. The van der Waals surface area contributed by atoms with Crippen molar-refractivity contribution < 1.29 is 14.3 Å². The maximum atomic E-state index is 12.5. The summed E-state index contributed by atoms with van der Waals surface area (Å²) in [6.45, 7) is 5.53. The summed E-state index contributed by atoms with van der Waals surface area (Å²) in [6, 6.07) is 14.6. The number of nitriles is 1. The first-order chi connectivity index (χ1) is 13.5. The lowest BCUT2D eigenvalue weighted by atomic mass is 10.1. The lowest BCUT2D eigenvalue weighted by Gasteiger charge is -2.10. The monoisotopic (exact) mass is 373 g/mol. The van der Waals surface area contributed by atoms with Gasteiger partial charge >= 0.3 is 5.97 Å². The van der Waals surface area contributed by atoms with Crippen molar-refractivity contribution >= 4 is 28.5 Å². The minimum Gasteiger partial charge on any atom is -0.458 e. The summed E-state index contributed by atoms with van der Waals surface area (Å²) in [5.41, 5.74) is 2.95. The van der Waals surface area contributed by atoms with E-state index in [9.17, 15) is 14.9 Å². The zero-order valence-electron chi connectivity index (χ0n) is 15.4. The van der Waals surface area contributed by atoms with Gasteiger partial charge in [-0.3, -0.25) is 4.79 Å². The minimum absolute atomic E-state index is 0.0438. The molecule has 0 aliphatic heterocycles. The number of nitrogens with zero attached hydrogens (tertiary/aromatic N) is 2. The van der Waals surface area contributed by atoms with Crippen LogP contribution in [0, 0.1) is 18.3 Å². The fourth-order valence-corrected chi connectivity index (χ4v) is 2.94. The fourth-order valence-electron chi connectivity index (χ4n) is 2.94. The molecule has 3 rings (SSSR count). The molecular weight excluding hydrogens is 354 g/mol. The van der Waals surface area contributed by atoms with E-state index in [-0.39, 0.29) is 19.1 Å². The topological polar surface area (TPSA) is 84.1 Å². The Kier molecular flexibility index (Phi) is 5.56. The van der Waals surface area contributed by atoms with Gasteiger partial charge in [-0.1, -0.05) is 42.5 Å². The molecule has 1 heterocycles. The first-order valence-electron chi connectivity index (χ1n) is 8.70. The van der Waals surface area contributed by atoms with Gasteiger partial charge in [0.25, 0.3) is 0 Å². The number of nitrogens with one attached hydrogen (secondary N) is 1. The van der Waals surface area contributed by atoms with Crippen molar-refractivity contribution in [2.24, 2.45) is 0 Å². The van der Waals surface area contributed by atoms with Crippen LogP contribution in [0.2, 0.25) is 0 Å². The number of para-hydroxylation sites is 1. The molecule has 0 spiro atoms. The number of anilines is 1. The van der Waals surface area contributed by atoms with E-state index in [1.807, 2.05) is 31.2 Å².